The molecule has 0 amide bonds. The fourth-order valence-electron chi connectivity index (χ4n) is 5.82. The van der Waals surface area contributed by atoms with Crippen LogP contribution in [0.5, 0.6) is 0 Å². The minimum absolute atomic E-state index is 0.103. The van der Waals surface area contributed by atoms with E-state index in [0.717, 1.165) is 44.9 Å². The number of carbonyl (C=O) groups is 2. The molecule has 0 aromatic rings. The molecule has 0 bridgehead atoms. The molecule has 14 heteroatoms. The molecule has 0 spiro atoms. The summed E-state index contributed by atoms with van der Waals surface area (Å²) in [5.41, 5.74) is 0. The summed E-state index contributed by atoms with van der Waals surface area (Å²) in [7, 11) is -5.09. The van der Waals surface area contributed by atoms with Crippen molar-refractivity contribution in [3.05, 3.63) is 0 Å². The molecule has 8 atom stereocenters. The number of aliphatic hydroxyl groups excluding tert-OH is 5. The maximum absolute atomic E-state index is 12.7. The van der Waals surface area contributed by atoms with E-state index in [2.05, 4.69) is 13.8 Å². The lowest BCUT2D eigenvalue weighted by molar-refractivity contribution is -0.220. The smallest absolute Gasteiger partial charge is 0.462 e. The van der Waals surface area contributed by atoms with E-state index in [4.69, 9.17) is 18.5 Å². The normalized spacial score (nSPS) is 24.3. The fraction of sp³-hybridized carbons (Fsp3) is 0.943. The molecule has 1 rings (SSSR count). The summed E-state index contributed by atoms with van der Waals surface area (Å²) in [5.74, 6) is -1.10. The molecule has 0 saturated heterocycles. The highest BCUT2D eigenvalue weighted by Crippen LogP contribution is 2.47. The molecular formula is C35H67O13P. The van der Waals surface area contributed by atoms with Gasteiger partial charge in [0.25, 0.3) is 0 Å². The van der Waals surface area contributed by atoms with Crippen molar-refractivity contribution in [3.63, 3.8) is 0 Å². The maximum Gasteiger partial charge on any atom is 0.472 e. The van der Waals surface area contributed by atoms with Gasteiger partial charge in [0.1, 0.15) is 43.2 Å². The Morgan fingerprint density at radius 3 is 1.35 bits per heavy atom. The highest BCUT2D eigenvalue weighted by Gasteiger charge is 2.51. The van der Waals surface area contributed by atoms with Crippen LogP contribution in [0.15, 0.2) is 0 Å². The van der Waals surface area contributed by atoms with Crippen molar-refractivity contribution < 1.29 is 63.1 Å². The Balaban J connectivity index is 2.56. The van der Waals surface area contributed by atoms with E-state index < -0.39 is 75.7 Å². The number of hydrogen-bond donors (Lipinski definition) is 6. The van der Waals surface area contributed by atoms with E-state index in [0.29, 0.717) is 12.8 Å². The van der Waals surface area contributed by atoms with Gasteiger partial charge in [-0.1, -0.05) is 129 Å². The Morgan fingerprint density at radius 2 is 0.918 bits per heavy atom. The van der Waals surface area contributed by atoms with E-state index in [1.807, 2.05) is 0 Å². The lowest BCUT2D eigenvalue weighted by Gasteiger charge is -2.41. The summed E-state index contributed by atoms with van der Waals surface area (Å²) in [6.45, 7) is 3.23. The van der Waals surface area contributed by atoms with Crippen LogP contribution in [0.2, 0.25) is 0 Å². The topological polar surface area (TPSA) is 210 Å². The molecule has 1 aliphatic carbocycles. The van der Waals surface area contributed by atoms with Gasteiger partial charge in [-0.25, -0.2) is 4.57 Å². The molecule has 6 N–H and O–H groups in total. The predicted molar refractivity (Wildman–Crippen MR) is 184 cm³/mol. The van der Waals surface area contributed by atoms with Gasteiger partial charge in [0.15, 0.2) is 6.10 Å². The number of carbonyl (C=O) groups excluding carboxylic acids is 2. The Kier molecular flexibility index (Phi) is 25.7. The molecule has 290 valence electrons. The molecule has 0 aromatic carbocycles. The molecule has 1 fully saturated rings. The molecule has 0 aliphatic heterocycles. The van der Waals surface area contributed by atoms with E-state index in [9.17, 15) is 44.6 Å². The van der Waals surface area contributed by atoms with Gasteiger partial charge in [-0.2, -0.15) is 0 Å². The minimum Gasteiger partial charge on any atom is -0.462 e. The molecule has 49 heavy (non-hydrogen) atoms. The SMILES string of the molecule is CCCCCCCCCCCCC(=O)OC[C@H](COP(=O)(O)OC1C(O)C(O)C(O)[C@@H](O)C1O)OC(=O)CCCCCCCCCCCC. The standard InChI is InChI=1S/C35H67O13P/c1-3-5-7-9-11-13-15-17-19-21-23-28(36)45-25-27(47-29(37)24-22-20-18-16-14-12-10-8-6-4-2)26-46-49(43,44)48-35-33(41)31(39)30(38)32(40)34(35)42/h27,30-35,38-42H,3-26H2,1-2H3,(H,43,44)/t27-,30?,31-,32?,33?,34?,35?/m1/s1. The summed E-state index contributed by atoms with van der Waals surface area (Å²) in [6, 6.07) is 0. The molecule has 0 aromatic heterocycles. The van der Waals surface area contributed by atoms with Crippen LogP contribution in [0.25, 0.3) is 0 Å². The molecule has 0 radical (unpaired) electrons. The summed E-state index contributed by atoms with van der Waals surface area (Å²) in [4.78, 5) is 35.3. The van der Waals surface area contributed by atoms with Crippen molar-refractivity contribution in [3.8, 4) is 0 Å². The maximum atomic E-state index is 12.7. The van der Waals surface area contributed by atoms with Crippen LogP contribution >= 0.6 is 7.82 Å². The number of phosphoric acid groups is 1. The number of phosphoric ester groups is 1. The highest BCUT2D eigenvalue weighted by atomic mass is 31.2. The second kappa shape index (κ2) is 27.5. The Morgan fingerprint density at radius 1 is 0.551 bits per heavy atom. The Labute approximate surface area is 293 Å². The van der Waals surface area contributed by atoms with Crippen LogP contribution in [0, 0.1) is 0 Å². The average Bonchev–Trinajstić information content (AvgIpc) is 3.07. The van der Waals surface area contributed by atoms with Crippen molar-refractivity contribution >= 4 is 19.8 Å². The number of hydrogen-bond acceptors (Lipinski definition) is 12. The summed E-state index contributed by atoms with van der Waals surface area (Å²) >= 11 is 0. The lowest BCUT2D eigenvalue weighted by atomic mass is 9.85. The first-order chi connectivity index (χ1) is 23.4. The monoisotopic (exact) mass is 726 g/mol. The van der Waals surface area contributed by atoms with E-state index in [-0.39, 0.29) is 12.8 Å². The van der Waals surface area contributed by atoms with Gasteiger partial charge in [-0.3, -0.25) is 18.6 Å². The quantitative estimate of drug-likeness (QED) is 0.0312. The summed E-state index contributed by atoms with van der Waals surface area (Å²) < 4.78 is 33.2. The molecule has 1 saturated carbocycles. The highest BCUT2D eigenvalue weighted by molar-refractivity contribution is 7.47. The first-order valence-corrected chi connectivity index (χ1v) is 20.3. The lowest BCUT2D eigenvalue weighted by Crippen LogP contribution is -2.64. The van der Waals surface area contributed by atoms with Crippen LogP contribution in [-0.2, 0) is 32.7 Å². The van der Waals surface area contributed by atoms with E-state index in [1.165, 1.54) is 70.6 Å². The average molecular weight is 727 g/mol. The van der Waals surface area contributed by atoms with Gasteiger partial charge in [-0.05, 0) is 12.8 Å². The Bertz CT molecular complexity index is 891. The molecular weight excluding hydrogens is 659 g/mol. The van der Waals surface area contributed by atoms with E-state index >= 15 is 0 Å². The van der Waals surface area contributed by atoms with Crippen molar-refractivity contribution in [1.82, 2.24) is 0 Å². The van der Waals surface area contributed by atoms with Gasteiger partial charge >= 0.3 is 19.8 Å². The van der Waals surface area contributed by atoms with Crippen molar-refractivity contribution in [2.75, 3.05) is 13.2 Å². The number of aliphatic hydroxyl groups is 5. The molecule has 1 aliphatic rings. The van der Waals surface area contributed by atoms with Gasteiger partial charge < -0.3 is 39.9 Å². The fourth-order valence-corrected chi connectivity index (χ4v) is 6.79. The van der Waals surface area contributed by atoms with Crippen molar-refractivity contribution in [2.24, 2.45) is 0 Å². The van der Waals surface area contributed by atoms with Crippen LogP contribution in [-0.4, -0.2) is 98.3 Å². The second-order valence-corrected chi connectivity index (χ2v) is 14.9. The van der Waals surface area contributed by atoms with Gasteiger partial charge in [0.05, 0.1) is 6.61 Å². The molecule has 0 heterocycles. The minimum atomic E-state index is -5.09. The first kappa shape index (κ1) is 45.9. The number of esters is 2. The van der Waals surface area contributed by atoms with Crippen molar-refractivity contribution in [2.45, 2.75) is 198 Å². The second-order valence-electron chi connectivity index (χ2n) is 13.4. The van der Waals surface area contributed by atoms with Gasteiger partial charge in [0, 0.05) is 12.8 Å². The van der Waals surface area contributed by atoms with Gasteiger partial charge in [-0.15, -0.1) is 0 Å². The zero-order chi connectivity index (χ0) is 36.5. The van der Waals surface area contributed by atoms with Crippen LogP contribution in [0.1, 0.15) is 155 Å². The zero-order valence-electron chi connectivity index (χ0n) is 30.0. The third-order valence-corrected chi connectivity index (χ3v) is 9.93. The number of unbranched alkanes of at least 4 members (excludes halogenated alkanes) is 18. The first-order valence-electron chi connectivity index (χ1n) is 18.8. The number of rotatable bonds is 30. The summed E-state index contributed by atoms with van der Waals surface area (Å²) in [6.07, 6.45) is 9.11. The van der Waals surface area contributed by atoms with Gasteiger partial charge in [0.2, 0.25) is 0 Å². The van der Waals surface area contributed by atoms with E-state index in [1.54, 1.807) is 0 Å². The third-order valence-electron chi connectivity index (χ3n) is 8.95. The van der Waals surface area contributed by atoms with Crippen LogP contribution < -0.4 is 0 Å². The molecule has 6 unspecified atom stereocenters. The Hall–Kier alpha value is -1.15. The zero-order valence-corrected chi connectivity index (χ0v) is 30.9. The van der Waals surface area contributed by atoms with Crippen molar-refractivity contribution in [1.29, 1.82) is 0 Å². The predicted octanol–water partition coefficient (Wildman–Crippen LogP) is 5.38. The molecule has 13 nitrogen and oxygen atoms in total. The van der Waals surface area contributed by atoms with Crippen LogP contribution in [0.4, 0.5) is 0 Å². The number of ether oxygens (including phenoxy) is 2. The largest absolute Gasteiger partial charge is 0.472 e. The third kappa shape index (κ3) is 21.1. The summed E-state index contributed by atoms with van der Waals surface area (Å²) in [5, 5.41) is 49.8. The van der Waals surface area contributed by atoms with Crippen LogP contribution in [0.3, 0.4) is 0 Å².